The van der Waals surface area contributed by atoms with Crippen LogP contribution in [0.5, 0.6) is 11.5 Å². The van der Waals surface area contributed by atoms with E-state index in [-0.39, 0.29) is 30.1 Å². The molecule has 0 aliphatic carbocycles. The van der Waals surface area contributed by atoms with Crippen LogP contribution in [0.15, 0.2) is 85.0 Å². The molecule has 10 nitrogen and oxygen atoms in total. The molecule has 2 saturated heterocycles. The van der Waals surface area contributed by atoms with Gasteiger partial charge < -0.3 is 33.2 Å². The molecule has 0 amide bonds. The highest BCUT2D eigenvalue weighted by Crippen LogP contribution is 2.34. The minimum Gasteiger partial charge on any atom is -0.494 e. The summed E-state index contributed by atoms with van der Waals surface area (Å²) in [5.74, 6) is 0.521. The molecule has 2 aliphatic heterocycles. The summed E-state index contributed by atoms with van der Waals surface area (Å²) in [4.78, 5) is 35.4. The van der Waals surface area contributed by atoms with Gasteiger partial charge in [-0.05, 0) is 107 Å². The molecule has 0 unspecified atom stereocenters. The van der Waals surface area contributed by atoms with Crippen molar-refractivity contribution in [1.29, 1.82) is 0 Å². The Hall–Kier alpha value is -4.67. The largest absolute Gasteiger partial charge is 0.494 e. The van der Waals surface area contributed by atoms with E-state index in [2.05, 4.69) is 25.3 Å². The molecule has 10 heteroatoms. The van der Waals surface area contributed by atoms with Gasteiger partial charge in [0, 0.05) is 23.1 Å². The minimum atomic E-state index is -0.465. The number of unbranched alkanes of at least 4 members (excludes halogenated alkanes) is 6. The highest BCUT2D eigenvalue weighted by molar-refractivity contribution is 5.88. The molecule has 286 valence electrons. The van der Waals surface area contributed by atoms with Crippen LogP contribution in [0.3, 0.4) is 0 Å². The average Bonchev–Trinajstić information content (AvgIpc) is 3.75. The highest BCUT2D eigenvalue weighted by Gasteiger charge is 2.48. The molecule has 4 atom stereocenters. The quantitative estimate of drug-likeness (QED) is 0.0485. The van der Waals surface area contributed by atoms with Crippen molar-refractivity contribution in [1.82, 2.24) is 0 Å². The van der Waals surface area contributed by atoms with E-state index in [9.17, 15) is 14.4 Å². The summed E-state index contributed by atoms with van der Waals surface area (Å²) in [6.07, 6.45) is 13.8. The zero-order valence-electron chi connectivity index (χ0n) is 31.1. The molecule has 2 aromatic rings. The number of ether oxygens (including phenoxy) is 7. The Balaban J connectivity index is 1.08. The van der Waals surface area contributed by atoms with Gasteiger partial charge in [0.05, 0.1) is 45.7 Å². The average molecular weight is 731 g/mol. The maximum atomic E-state index is 12.6. The van der Waals surface area contributed by atoms with E-state index in [0.717, 1.165) is 74.0 Å². The van der Waals surface area contributed by atoms with Gasteiger partial charge in [0.25, 0.3) is 0 Å². The summed E-state index contributed by atoms with van der Waals surface area (Å²) >= 11 is 0. The number of esters is 3. The molecule has 0 aromatic heterocycles. The summed E-state index contributed by atoms with van der Waals surface area (Å²) in [5.41, 5.74) is 2.74. The summed E-state index contributed by atoms with van der Waals surface area (Å²) in [6, 6.07) is 15.5. The Morgan fingerprint density at radius 1 is 0.642 bits per heavy atom. The van der Waals surface area contributed by atoms with Crippen LogP contribution in [0.25, 0.3) is 12.2 Å². The molecule has 0 saturated carbocycles. The maximum Gasteiger partial charge on any atom is 0.333 e. The predicted molar refractivity (Wildman–Crippen MR) is 203 cm³/mol. The van der Waals surface area contributed by atoms with Gasteiger partial charge in [-0.15, -0.1) is 0 Å². The number of hydrogen-bond donors (Lipinski definition) is 0. The topological polar surface area (TPSA) is 116 Å². The van der Waals surface area contributed by atoms with Crippen molar-refractivity contribution in [3.05, 3.63) is 96.1 Å². The molecule has 4 rings (SSSR count). The molecule has 2 aliphatic rings. The van der Waals surface area contributed by atoms with Gasteiger partial charge in [-0.2, -0.15) is 0 Å². The molecule has 0 radical (unpaired) electrons. The normalized spacial score (nSPS) is 19.2. The van der Waals surface area contributed by atoms with E-state index in [0.29, 0.717) is 50.8 Å². The molecular formula is C43H54O10. The smallest absolute Gasteiger partial charge is 0.333 e. The van der Waals surface area contributed by atoms with Crippen molar-refractivity contribution in [2.45, 2.75) is 83.5 Å². The molecule has 0 spiro atoms. The Morgan fingerprint density at radius 2 is 1.11 bits per heavy atom. The van der Waals surface area contributed by atoms with Crippen LogP contribution in [0.2, 0.25) is 0 Å². The third kappa shape index (κ3) is 14.7. The van der Waals surface area contributed by atoms with E-state index in [1.54, 1.807) is 19.9 Å². The van der Waals surface area contributed by atoms with Gasteiger partial charge in [0.15, 0.2) is 6.10 Å². The Kier molecular flexibility index (Phi) is 17.4. The Morgan fingerprint density at radius 3 is 1.62 bits per heavy atom. The van der Waals surface area contributed by atoms with Gasteiger partial charge in [0.2, 0.25) is 0 Å². The lowest BCUT2D eigenvalue weighted by Gasteiger charge is -2.15. The van der Waals surface area contributed by atoms with Crippen LogP contribution < -0.4 is 9.47 Å². The molecule has 53 heavy (non-hydrogen) atoms. The van der Waals surface area contributed by atoms with Crippen molar-refractivity contribution in [2.75, 3.05) is 39.6 Å². The zero-order chi connectivity index (χ0) is 37.8. The van der Waals surface area contributed by atoms with E-state index in [4.69, 9.17) is 33.2 Å². The Labute approximate surface area is 313 Å². The maximum absolute atomic E-state index is 12.6. The molecule has 0 bridgehead atoms. The SMILES string of the molecule is C=C(C)C(=O)OCCCCCCOc1ccc(C=C[C@@H]2CO[C@H]3[C@@H]2OC[C@H]3OC(=O)/C=C/c2ccc(OCCCCCCOC(=O)C(=C)C)cc2)cc1. The molecular weight excluding hydrogens is 676 g/mol. The molecule has 2 fully saturated rings. The number of fused-ring (bicyclic) bond motifs is 1. The lowest BCUT2D eigenvalue weighted by atomic mass is 9.99. The number of carbonyl (C=O) groups is 3. The fraction of sp³-hybridized carbons (Fsp3) is 0.465. The second kappa shape index (κ2) is 22.4. The van der Waals surface area contributed by atoms with E-state index >= 15 is 0 Å². The summed E-state index contributed by atoms with van der Waals surface area (Å²) in [5, 5.41) is 0. The molecule has 0 N–H and O–H groups in total. The monoisotopic (exact) mass is 730 g/mol. The minimum absolute atomic E-state index is 0.0542. The first kappa shape index (κ1) is 41.1. The summed E-state index contributed by atoms with van der Waals surface area (Å²) in [7, 11) is 0. The van der Waals surface area contributed by atoms with Crippen molar-refractivity contribution in [2.24, 2.45) is 5.92 Å². The van der Waals surface area contributed by atoms with Gasteiger partial charge in [-0.25, -0.2) is 14.4 Å². The number of hydrogen-bond acceptors (Lipinski definition) is 10. The zero-order valence-corrected chi connectivity index (χ0v) is 31.1. The molecule has 2 heterocycles. The second-order valence-corrected chi connectivity index (χ2v) is 13.4. The van der Waals surface area contributed by atoms with Crippen LogP contribution in [0.1, 0.15) is 76.3 Å². The van der Waals surface area contributed by atoms with Gasteiger partial charge >= 0.3 is 17.9 Å². The first-order chi connectivity index (χ1) is 25.7. The van der Waals surface area contributed by atoms with Gasteiger partial charge in [0.1, 0.15) is 17.6 Å². The van der Waals surface area contributed by atoms with Crippen molar-refractivity contribution < 1.29 is 47.5 Å². The lowest BCUT2D eigenvalue weighted by molar-refractivity contribution is -0.147. The second-order valence-electron chi connectivity index (χ2n) is 13.4. The van der Waals surface area contributed by atoms with Crippen LogP contribution in [-0.2, 0) is 38.1 Å². The summed E-state index contributed by atoms with van der Waals surface area (Å²) in [6.45, 7) is 13.3. The van der Waals surface area contributed by atoms with E-state index < -0.39 is 12.1 Å². The number of carbonyl (C=O) groups excluding carboxylic acids is 3. The van der Waals surface area contributed by atoms with Crippen LogP contribution in [0.4, 0.5) is 0 Å². The van der Waals surface area contributed by atoms with Gasteiger partial charge in [-0.3, -0.25) is 0 Å². The fourth-order valence-corrected chi connectivity index (χ4v) is 5.77. The van der Waals surface area contributed by atoms with Crippen molar-refractivity contribution in [3.63, 3.8) is 0 Å². The predicted octanol–water partition coefficient (Wildman–Crippen LogP) is 7.86. The third-order valence-electron chi connectivity index (χ3n) is 8.80. The number of benzene rings is 2. The standard InChI is InChI=1S/C43H54O10/c1-31(2)42(45)49-27-11-7-5-9-25-47-36-20-14-33(15-21-36)13-19-35-29-51-41-38(30-52-40(35)41)53-39(44)24-18-34-16-22-37(23-17-34)48-26-10-6-8-12-28-50-43(46)32(3)4/h13-24,35,38,40-41H,1,3,5-12,25-30H2,2,4H3/b19-13?,24-18+/t35-,38-,40-,41-/m1/s1. The van der Waals surface area contributed by atoms with E-state index in [1.165, 1.54) is 6.08 Å². The lowest BCUT2D eigenvalue weighted by Crippen LogP contribution is -2.32. The first-order valence-electron chi connectivity index (χ1n) is 18.6. The third-order valence-corrected chi connectivity index (χ3v) is 8.80. The fourth-order valence-electron chi connectivity index (χ4n) is 5.77. The van der Waals surface area contributed by atoms with Crippen molar-refractivity contribution >= 4 is 30.1 Å². The first-order valence-corrected chi connectivity index (χ1v) is 18.6. The van der Waals surface area contributed by atoms with Crippen LogP contribution in [0, 0.1) is 5.92 Å². The van der Waals surface area contributed by atoms with Crippen LogP contribution in [-0.4, -0.2) is 75.9 Å². The highest BCUT2D eigenvalue weighted by atomic mass is 16.6. The van der Waals surface area contributed by atoms with Crippen LogP contribution >= 0.6 is 0 Å². The number of rotatable bonds is 23. The molecule has 2 aromatic carbocycles. The van der Waals surface area contributed by atoms with E-state index in [1.807, 2.05) is 48.5 Å². The summed E-state index contributed by atoms with van der Waals surface area (Å²) < 4.78 is 39.6. The van der Waals surface area contributed by atoms with Gasteiger partial charge in [-0.1, -0.05) is 49.6 Å². The van der Waals surface area contributed by atoms with Crippen molar-refractivity contribution in [3.8, 4) is 11.5 Å². The Bertz CT molecular complexity index is 1540.